The number of para-hydroxylation sites is 1. The summed E-state index contributed by atoms with van der Waals surface area (Å²) in [6.45, 7) is 0. The van der Waals surface area contributed by atoms with E-state index in [0.717, 1.165) is 40.0 Å². The summed E-state index contributed by atoms with van der Waals surface area (Å²) < 4.78 is 0. The average Bonchev–Trinajstić information content (AvgIpc) is 3.44. The predicted octanol–water partition coefficient (Wildman–Crippen LogP) is 9.87. The Balaban J connectivity index is 1.18. The van der Waals surface area contributed by atoms with E-state index in [0.29, 0.717) is 0 Å². The minimum absolute atomic E-state index is 0.743. The van der Waals surface area contributed by atoms with Crippen LogP contribution in [0.25, 0.3) is 66.9 Å². The van der Waals surface area contributed by atoms with Crippen molar-refractivity contribution in [2.24, 2.45) is 0 Å². The molecule has 8 rings (SSSR count). The Bertz CT molecular complexity index is 2040. The van der Waals surface area contributed by atoms with Gasteiger partial charge < -0.3 is 0 Å². The second-order valence-corrected chi connectivity index (χ2v) is 10.6. The highest BCUT2D eigenvalue weighted by Crippen LogP contribution is 2.45. The summed E-state index contributed by atoms with van der Waals surface area (Å²) >= 11 is 0. The molecule has 0 amide bonds. The van der Waals surface area contributed by atoms with Crippen LogP contribution in [0.5, 0.6) is 0 Å². The largest absolute Gasteiger partial charge is 0.228 e. The molecule has 0 unspecified atom stereocenters. The summed E-state index contributed by atoms with van der Waals surface area (Å²) in [7, 11) is 0. The van der Waals surface area contributed by atoms with Gasteiger partial charge in [-0.2, -0.15) is 0 Å². The van der Waals surface area contributed by atoms with Crippen LogP contribution in [-0.4, -0.2) is 9.97 Å². The molecule has 1 aliphatic carbocycles. The highest BCUT2D eigenvalue weighted by atomic mass is 14.9. The standard InChI is InChI=1S/C39H26N2/c1-3-11-26(12-4-1)30-16-9-18-32-33-19-10-17-31(36(33)25-35(30)32)27-21-23-29(24-22-27)39-40-37-20-8-7-15-34(37)38(41-39)28-13-5-2-6-14-28/h1-24H,25H2. The van der Waals surface area contributed by atoms with E-state index in [1.807, 2.05) is 18.2 Å². The van der Waals surface area contributed by atoms with E-state index in [4.69, 9.17) is 9.97 Å². The summed E-state index contributed by atoms with van der Waals surface area (Å²) in [5, 5.41) is 1.06. The number of hydrogen-bond acceptors (Lipinski definition) is 2. The van der Waals surface area contributed by atoms with Crippen molar-refractivity contribution in [1.29, 1.82) is 0 Å². The molecule has 0 bridgehead atoms. The van der Waals surface area contributed by atoms with E-state index in [-0.39, 0.29) is 0 Å². The fourth-order valence-electron chi connectivity index (χ4n) is 6.22. The van der Waals surface area contributed by atoms with Gasteiger partial charge >= 0.3 is 0 Å². The van der Waals surface area contributed by atoms with Crippen LogP contribution in [-0.2, 0) is 6.42 Å². The fraction of sp³-hybridized carbons (Fsp3) is 0.0256. The normalized spacial score (nSPS) is 11.8. The van der Waals surface area contributed by atoms with E-state index in [2.05, 4.69) is 127 Å². The van der Waals surface area contributed by atoms with Gasteiger partial charge in [-0.3, -0.25) is 0 Å². The lowest BCUT2D eigenvalue weighted by atomic mass is 9.95. The molecular formula is C39H26N2. The van der Waals surface area contributed by atoms with Crippen LogP contribution in [0.4, 0.5) is 0 Å². The van der Waals surface area contributed by atoms with Crippen LogP contribution in [0.1, 0.15) is 11.1 Å². The second kappa shape index (κ2) is 9.69. The third kappa shape index (κ3) is 4.04. The first kappa shape index (κ1) is 23.5. The van der Waals surface area contributed by atoms with Crippen LogP contribution in [0.2, 0.25) is 0 Å². The summed E-state index contributed by atoms with van der Waals surface area (Å²) in [5.74, 6) is 0.743. The maximum Gasteiger partial charge on any atom is 0.160 e. The number of fused-ring (bicyclic) bond motifs is 4. The average molecular weight is 523 g/mol. The van der Waals surface area contributed by atoms with Gasteiger partial charge in [0, 0.05) is 16.5 Å². The monoisotopic (exact) mass is 522 g/mol. The number of aromatic nitrogens is 2. The Morgan fingerprint density at radius 1 is 0.366 bits per heavy atom. The molecule has 0 atom stereocenters. The molecule has 7 aromatic rings. The Morgan fingerprint density at radius 2 is 0.878 bits per heavy atom. The molecule has 1 heterocycles. The molecule has 0 N–H and O–H groups in total. The van der Waals surface area contributed by atoms with Crippen molar-refractivity contribution in [2.75, 3.05) is 0 Å². The molecular weight excluding hydrogens is 496 g/mol. The SMILES string of the molecule is c1ccc(-c2cccc3c2Cc2c(-c4ccc(-c5nc(-c6ccccc6)c6ccccc6n5)cc4)cccc2-3)cc1. The minimum Gasteiger partial charge on any atom is -0.228 e. The van der Waals surface area contributed by atoms with Crippen LogP contribution in [0.3, 0.4) is 0 Å². The molecule has 192 valence electrons. The molecule has 0 spiro atoms. The molecule has 0 saturated carbocycles. The number of benzene rings is 6. The summed E-state index contributed by atoms with van der Waals surface area (Å²) in [6, 6.07) is 51.5. The van der Waals surface area contributed by atoms with Gasteiger partial charge in [0.2, 0.25) is 0 Å². The maximum absolute atomic E-state index is 5.06. The van der Waals surface area contributed by atoms with Gasteiger partial charge in [0.15, 0.2) is 5.82 Å². The van der Waals surface area contributed by atoms with Gasteiger partial charge in [-0.1, -0.05) is 140 Å². The molecule has 0 aliphatic heterocycles. The van der Waals surface area contributed by atoms with E-state index in [1.54, 1.807) is 0 Å². The first-order valence-electron chi connectivity index (χ1n) is 14.1. The molecule has 0 fully saturated rings. The molecule has 41 heavy (non-hydrogen) atoms. The van der Waals surface area contributed by atoms with Crippen molar-refractivity contribution >= 4 is 10.9 Å². The van der Waals surface area contributed by atoms with Gasteiger partial charge in [-0.15, -0.1) is 0 Å². The number of hydrogen-bond donors (Lipinski definition) is 0. The van der Waals surface area contributed by atoms with E-state index < -0.39 is 0 Å². The first-order chi connectivity index (χ1) is 20.3. The lowest BCUT2D eigenvalue weighted by molar-refractivity contribution is 1.23. The first-order valence-corrected chi connectivity index (χ1v) is 14.1. The summed E-state index contributed by atoms with van der Waals surface area (Å²) in [6.07, 6.45) is 0.932. The highest BCUT2D eigenvalue weighted by molar-refractivity contribution is 5.94. The van der Waals surface area contributed by atoms with Gasteiger partial charge in [0.05, 0.1) is 11.2 Å². The third-order valence-corrected chi connectivity index (χ3v) is 8.19. The van der Waals surface area contributed by atoms with E-state index in [9.17, 15) is 0 Å². The van der Waals surface area contributed by atoms with Crippen molar-refractivity contribution in [1.82, 2.24) is 9.97 Å². The molecule has 2 heteroatoms. The van der Waals surface area contributed by atoms with Crippen LogP contribution in [0, 0.1) is 0 Å². The smallest absolute Gasteiger partial charge is 0.160 e. The molecule has 0 radical (unpaired) electrons. The highest BCUT2D eigenvalue weighted by Gasteiger charge is 2.24. The molecule has 1 aromatic heterocycles. The summed E-state index contributed by atoms with van der Waals surface area (Å²) in [5.41, 5.74) is 14.6. The van der Waals surface area contributed by atoms with Crippen molar-refractivity contribution in [3.05, 3.63) is 157 Å². The van der Waals surface area contributed by atoms with Crippen LogP contribution in [0.15, 0.2) is 146 Å². The molecule has 6 aromatic carbocycles. The van der Waals surface area contributed by atoms with Gasteiger partial charge in [-0.05, 0) is 57.0 Å². The van der Waals surface area contributed by atoms with Crippen molar-refractivity contribution < 1.29 is 0 Å². The van der Waals surface area contributed by atoms with Crippen molar-refractivity contribution in [3.63, 3.8) is 0 Å². The lowest BCUT2D eigenvalue weighted by Crippen LogP contribution is -1.95. The lowest BCUT2D eigenvalue weighted by Gasteiger charge is -2.11. The predicted molar refractivity (Wildman–Crippen MR) is 170 cm³/mol. The van der Waals surface area contributed by atoms with Gasteiger partial charge in [-0.25, -0.2) is 9.97 Å². The summed E-state index contributed by atoms with van der Waals surface area (Å²) in [4.78, 5) is 10.0. The van der Waals surface area contributed by atoms with Crippen molar-refractivity contribution in [3.8, 4) is 56.0 Å². The van der Waals surface area contributed by atoms with Gasteiger partial charge in [0.25, 0.3) is 0 Å². The zero-order valence-corrected chi connectivity index (χ0v) is 22.5. The van der Waals surface area contributed by atoms with E-state index >= 15 is 0 Å². The Labute approximate surface area is 239 Å². The fourth-order valence-corrected chi connectivity index (χ4v) is 6.22. The number of nitrogens with zero attached hydrogens (tertiary/aromatic N) is 2. The number of rotatable bonds is 4. The Morgan fingerprint density at radius 3 is 1.54 bits per heavy atom. The zero-order chi connectivity index (χ0) is 27.2. The minimum atomic E-state index is 0.743. The Kier molecular flexibility index (Phi) is 5.56. The Hall–Kier alpha value is -5.34. The van der Waals surface area contributed by atoms with E-state index in [1.165, 1.54) is 44.5 Å². The molecule has 1 aliphatic rings. The quantitative estimate of drug-likeness (QED) is 0.230. The van der Waals surface area contributed by atoms with Crippen LogP contribution >= 0.6 is 0 Å². The maximum atomic E-state index is 5.06. The topological polar surface area (TPSA) is 25.8 Å². The molecule has 2 nitrogen and oxygen atoms in total. The zero-order valence-electron chi connectivity index (χ0n) is 22.5. The van der Waals surface area contributed by atoms with Crippen LogP contribution < -0.4 is 0 Å². The molecule has 0 saturated heterocycles. The third-order valence-electron chi connectivity index (χ3n) is 8.19. The second-order valence-electron chi connectivity index (χ2n) is 10.6. The van der Waals surface area contributed by atoms with Gasteiger partial charge in [0.1, 0.15) is 0 Å². The van der Waals surface area contributed by atoms with Crippen molar-refractivity contribution in [2.45, 2.75) is 6.42 Å².